The van der Waals surface area contributed by atoms with Crippen LogP contribution in [0.15, 0.2) is 72.8 Å². The van der Waals surface area contributed by atoms with E-state index in [0.717, 1.165) is 50.1 Å². The van der Waals surface area contributed by atoms with E-state index < -0.39 is 0 Å². The van der Waals surface area contributed by atoms with Gasteiger partial charge < -0.3 is 15.0 Å². The molecule has 5 rings (SSSR count). The number of fused-ring (bicyclic) bond motifs is 3. The number of para-hydroxylation sites is 1. The molecule has 4 aromatic rings. The molecular formula is C27H29ClN2O. The smallest absolute Gasteiger partial charge is 0.127 e. The normalized spacial score (nSPS) is 13.3. The maximum Gasteiger partial charge on any atom is 0.127 e. The summed E-state index contributed by atoms with van der Waals surface area (Å²) in [5, 5.41) is 4.96. The van der Waals surface area contributed by atoms with E-state index in [2.05, 4.69) is 71.0 Å². The summed E-state index contributed by atoms with van der Waals surface area (Å²) in [7, 11) is 0. The average molecular weight is 433 g/mol. The van der Waals surface area contributed by atoms with E-state index in [-0.39, 0.29) is 12.4 Å². The van der Waals surface area contributed by atoms with Crippen LogP contribution in [0.25, 0.3) is 22.0 Å². The summed E-state index contributed by atoms with van der Waals surface area (Å²) in [4.78, 5) is 3.67. The zero-order chi connectivity index (χ0) is 20.2. The molecule has 0 bridgehead atoms. The van der Waals surface area contributed by atoms with Crippen molar-refractivity contribution in [2.75, 3.05) is 19.7 Å². The quantitative estimate of drug-likeness (QED) is 0.369. The summed E-state index contributed by atoms with van der Waals surface area (Å²) < 4.78 is 6.22. The number of benzene rings is 3. The first-order chi connectivity index (χ1) is 14.9. The number of H-pyrrole nitrogens is 1. The monoisotopic (exact) mass is 432 g/mol. The van der Waals surface area contributed by atoms with E-state index in [9.17, 15) is 0 Å². The molecule has 31 heavy (non-hydrogen) atoms. The van der Waals surface area contributed by atoms with E-state index in [1.54, 1.807) is 0 Å². The number of rotatable bonds is 6. The van der Waals surface area contributed by atoms with Gasteiger partial charge in [0, 0.05) is 35.1 Å². The largest absolute Gasteiger partial charge is 0.493 e. The van der Waals surface area contributed by atoms with Gasteiger partial charge in [0.2, 0.25) is 0 Å². The van der Waals surface area contributed by atoms with Crippen LogP contribution in [0.2, 0.25) is 0 Å². The lowest BCUT2D eigenvalue weighted by Gasteiger charge is -2.12. The van der Waals surface area contributed by atoms with Crippen molar-refractivity contribution >= 4 is 23.3 Å². The third-order valence-corrected chi connectivity index (χ3v) is 6.03. The van der Waals surface area contributed by atoms with E-state index in [0.29, 0.717) is 6.61 Å². The number of aromatic nitrogens is 1. The SMILES string of the molecule is Cl.c1ccc(-c2ccccc2OCCCc2cccc3[nH]c4c(c23)CCNCC4)cc1. The van der Waals surface area contributed by atoms with Crippen LogP contribution in [0.5, 0.6) is 5.75 Å². The van der Waals surface area contributed by atoms with Gasteiger partial charge in [-0.2, -0.15) is 0 Å². The molecule has 160 valence electrons. The molecule has 0 amide bonds. The molecular weight excluding hydrogens is 404 g/mol. The highest BCUT2D eigenvalue weighted by atomic mass is 35.5. The molecule has 1 aliphatic heterocycles. The average Bonchev–Trinajstić information content (AvgIpc) is 2.99. The Morgan fingerprint density at radius 3 is 2.52 bits per heavy atom. The number of aromatic amines is 1. The van der Waals surface area contributed by atoms with Gasteiger partial charge in [-0.3, -0.25) is 0 Å². The number of ether oxygens (including phenoxy) is 1. The molecule has 0 saturated heterocycles. The molecule has 0 aliphatic carbocycles. The minimum atomic E-state index is 0. The third-order valence-electron chi connectivity index (χ3n) is 6.03. The van der Waals surface area contributed by atoms with Crippen molar-refractivity contribution in [1.82, 2.24) is 10.3 Å². The summed E-state index contributed by atoms with van der Waals surface area (Å²) in [6.45, 7) is 2.84. The zero-order valence-electron chi connectivity index (χ0n) is 17.7. The van der Waals surface area contributed by atoms with Crippen molar-refractivity contribution in [3.05, 3.63) is 89.6 Å². The van der Waals surface area contributed by atoms with Gasteiger partial charge in [0.1, 0.15) is 5.75 Å². The van der Waals surface area contributed by atoms with Gasteiger partial charge in [-0.1, -0.05) is 60.7 Å². The summed E-state index contributed by atoms with van der Waals surface area (Å²) in [6.07, 6.45) is 4.22. The molecule has 0 spiro atoms. The van der Waals surface area contributed by atoms with Crippen molar-refractivity contribution in [1.29, 1.82) is 0 Å². The van der Waals surface area contributed by atoms with Crippen LogP contribution < -0.4 is 10.1 Å². The summed E-state index contributed by atoms with van der Waals surface area (Å²) in [6, 6.07) is 25.5. The van der Waals surface area contributed by atoms with Crippen molar-refractivity contribution in [3.63, 3.8) is 0 Å². The minimum absolute atomic E-state index is 0. The van der Waals surface area contributed by atoms with Gasteiger partial charge in [0.15, 0.2) is 0 Å². The molecule has 3 nitrogen and oxygen atoms in total. The Kier molecular flexibility index (Phi) is 6.96. The maximum atomic E-state index is 6.22. The van der Waals surface area contributed by atoms with Crippen molar-refractivity contribution in [3.8, 4) is 16.9 Å². The number of hydrogen-bond donors (Lipinski definition) is 2. The van der Waals surface area contributed by atoms with Crippen LogP contribution in [0.4, 0.5) is 0 Å². The fourth-order valence-corrected chi connectivity index (χ4v) is 4.59. The molecule has 0 saturated carbocycles. The molecule has 4 heteroatoms. The standard InChI is InChI=1S/C27H28N2O.ClH/c1-2-8-20(9-3-1)22-12-4-5-14-26(22)30-19-7-11-21-10-6-13-25-27(21)23-15-17-28-18-16-24(23)29-25;/h1-6,8-10,12-14,28-29H,7,11,15-19H2;1H. The molecule has 0 unspecified atom stereocenters. The van der Waals surface area contributed by atoms with Crippen molar-refractivity contribution in [2.24, 2.45) is 0 Å². The van der Waals surface area contributed by atoms with Crippen LogP contribution >= 0.6 is 12.4 Å². The fraction of sp³-hybridized carbons (Fsp3) is 0.259. The lowest BCUT2D eigenvalue weighted by atomic mass is 9.99. The van der Waals surface area contributed by atoms with Gasteiger partial charge in [-0.05, 0) is 54.6 Å². The van der Waals surface area contributed by atoms with E-state index >= 15 is 0 Å². The topological polar surface area (TPSA) is 37.0 Å². The molecule has 2 heterocycles. The van der Waals surface area contributed by atoms with Crippen LogP contribution in [0.1, 0.15) is 23.2 Å². The van der Waals surface area contributed by atoms with E-state index in [4.69, 9.17) is 4.74 Å². The molecule has 0 radical (unpaired) electrons. The number of halogens is 1. The van der Waals surface area contributed by atoms with Gasteiger partial charge >= 0.3 is 0 Å². The predicted octanol–water partition coefficient (Wildman–Crippen LogP) is 5.96. The Hall–Kier alpha value is -2.75. The van der Waals surface area contributed by atoms with Gasteiger partial charge in [0.25, 0.3) is 0 Å². The van der Waals surface area contributed by atoms with E-state index in [1.165, 1.54) is 33.3 Å². The summed E-state index contributed by atoms with van der Waals surface area (Å²) in [5.74, 6) is 0.962. The first kappa shape index (κ1) is 21.5. The highest BCUT2D eigenvalue weighted by Gasteiger charge is 2.16. The molecule has 3 aromatic carbocycles. The summed E-state index contributed by atoms with van der Waals surface area (Å²) >= 11 is 0. The second kappa shape index (κ2) is 10.0. The fourth-order valence-electron chi connectivity index (χ4n) is 4.59. The van der Waals surface area contributed by atoms with Gasteiger partial charge in [-0.15, -0.1) is 12.4 Å². The number of aryl methyl sites for hydroxylation is 1. The Morgan fingerprint density at radius 1 is 0.806 bits per heavy atom. The lowest BCUT2D eigenvalue weighted by molar-refractivity contribution is 0.312. The second-order valence-electron chi connectivity index (χ2n) is 7.99. The predicted molar refractivity (Wildman–Crippen MR) is 132 cm³/mol. The highest BCUT2D eigenvalue weighted by Crippen LogP contribution is 2.31. The molecule has 1 aromatic heterocycles. The second-order valence-corrected chi connectivity index (χ2v) is 7.99. The lowest BCUT2D eigenvalue weighted by Crippen LogP contribution is -2.16. The molecule has 0 fully saturated rings. The Labute approximate surface area is 190 Å². The highest BCUT2D eigenvalue weighted by molar-refractivity contribution is 5.88. The Morgan fingerprint density at radius 2 is 1.61 bits per heavy atom. The van der Waals surface area contributed by atoms with Crippen LogP contribution in [0, 0.1) is 0 Å². The molecule has 0 atom stereocenters. The summed E-state index contributed by atoms with van der Waals surface area (Å²) in [5.41, 5.74) is 8.00. The van der Waals surface area contributed by atoms with Crippen LogP contribution in [-0.4, -0.2) is 24.7 Å². The number of hydrogen-bond acceptors (Lipinski definition) is 2. The Bertz CT molecular complexity index is 1140. The molecule has 1 aliphatic rings. The van der Waals surface area contributed by atoms with Crippen LogP contribution in [-0.2, 0) is 19.3 Å². The van der Waals surface area contributed by atoms with Gasteiger partial charge in [0.05, 0.1) is 6.61 Å². The van der Waals surface area contributed by atoms with Gasteiger partial charge in [-0.25, -0.2) is 0 Å². The van der Waals surface area contributed by atoms with Crippen LogP contribution in [0.3, 0.4) is 0 Å². The Balaban J connectivity index is 0.00000231. The first-order valence-electron chi connectivity index (χ1n) is 11.0. The third kappa shape index (κ3) is 4.63. The zero-order valence-corrected chi connectivity index (χ0v) is 18.5. The van der Waals surface area contributed by atoms with Crippen molar-refractivity contribution < 1.29 is 4.74 Å². The molecule has 2 N–H and O–H groups in total. The minimum Gasteiger partial charge on any atom is -0.493 e. The van der Waals surface area contributed by atoms with E-state index in [1.807, 2.05) is 12.1 Å². The van der Waals surface area contributed by atoms with Crippen molar-refractivity contribution in [2.45, 2.75) is 25.7 Å². The maximum absolute atomic E-state index is 6.22. The number of nitrogens with one attached hydrogen (secondary N) is 2. The first-order valence-corrected chi connectivity index (χ1v) is 11.0.